The van der Waals surface area contributed by atoms with Crippen LogP contribution in [0.2, 0.25) is 0 Å². The molecule has 0 bridgehead atoms. The van der Waals surface area contributed by atoms with Crippen molar-refractivity contribution >= 4 is 25.6 Å². The van der Waals surface area contributed by atoms with Crippen molar-refractivity contribution < 1.29 is 17.9 Å². The second-order valence-corrected chi connectivity index (χ2v) is 7.23. The molecule has 1 unspecified atom stereocenters. The molecule has 0 aromatic carbocycles. The number of hydrogen-bond acceptors (Lipinski definition) is 4. The van der Waals surface area contributed by atoms with Gasteiger partial charge in [-0.05, 0) is 26.3 Å². The zero-order chi connectivity index (χ0) is 16.0. The first-order chi connectivity index (χ1) is 9.79. The molecule has 1 aromatic rings. The number of aryl methyl sites for hydroxylation is 1. The highest BCUT2D eigenvalue weighted by Crippen LogP contribution is 2.19. The van der Waals surface area contributed by atoms with Crippen molar-refractivity contribution in [3.05, 3.63) is 18.0 Å². The van der Waals surface area contributed by atoms with E-state index in [2.05, 4.69) is 5.32 Å². The van der Waals surface area contributed by atoms with Gasteiger partial charge in [-0.15, -0.1) is 0 Å². The number of hydrogen-bond donors (Lipinski definition) is 1. The summed E-state index contributed by atoms with van der Waals surface area (Å²) in [6.07, 6.45) is 2.04. The van der Waals surface area contributed by atoms with Gasteiger partial charge in [-0.2, -0.15) is 0 Å². The minimum absolute atomic E-state index is 0.0689. The Kier molecular flexibility index (Phi) is 6.70. The van der Waals surface area contributed by atoms with E-state index in [9.17, 15) is 13.2 Å². The van der Waals surface area contributed by atoms with E-state index in [1.165, 1.54) is 12.3 Å². The van der Waals surface area contributed by atoms with Crippen LogP contribution in [0.4, 0.5) is 0 Å². The predicted octanol–water partition coefficient (Wildman–Crippen LogP) is 1.98. The third-order valence-electron chi connectivity index (χ3n) is 2.85. The lowest BCUT2D eigenvalue weighted by atomic mass is 10.3. The van der Waals surface area contributed by atoms with Crippen LogP contribution in [0.15, 0.2) is 17.2 Å². The summed E-state index contributed by atoms with van der Waals surface area (Å²) in [6, 6.07) is 1.29. The van der Waals surface area contributed by atoms with E-state index in [4.69, 9.17) is 15.4 Å². The average molecular weight is 337 g/mol. The van der Waals surface area contributed by atoms with Gasteiger partial charge in [-0.1, -0.05) is 6.92 Å². The van der Waals surface area contributed by atoms with Gasteiger partial charge in [-0.25, -0.2) is 8.42 Å². The van der Waals surface area contributed by atoms with Crippen molar-refractivity contribution in [3.63, 3.8) is 0 Å². The standard InChI is InChI=1S/C13H21ClN2O4S/c1-4-6-16-9-11(21(14,18)19)7-12(16)13(17)15-8-10(3)20-5-2/h7,9-10H,4-6,8H2,1-3H3,(H,15,17). The molecule has 6 nitrogen and oxygen atoms in total. The Morgan fingerprint density at radius 2 is 2.14 bits per heavy atom. The van der Waals surface area contributed by atoms with Gasteiger partial charge in [0.2, 0.25) is 0 Å². The normalized spacial score (nSPS) is 13.1. The van der Waals surface area contributed by atoms with Gasteiger partial charge in [0.1, 0.15) is 10.6 Å². The Balaban J connectivity index is 2.89. The van der Waals surface area contributed by atoms with Crippen molar-refractivity contribution in [1.82, 2.24) is 9.88 Å². The highest BCUT2D eigenvalue weighted by Gasteiger charge is 2.20. The number of ether oxygens (including phenoxy) is 1. The molecule has 0 saturated heterocycles. The molecule has 1 heterocycles. The van der Waals surface area contributed by atoms with E-state index in [0.717, 1.165) is 6.42 Å². The second-order valence-electron chi connectivity index (χ2n) is 4.67. The third kappa shape index (κ3) is 5.33. The molecule has 8 heteroatoms. The van der Waals surface area contributed by atoms with Crippen molar-refractivity contribution in [2.75, 3.05) is 13.2 Å². The summed E-state index contributed by atoms with van der Waals surface area (Å²) >= 11 is 0. The summed E-state index contributed by atoms with van der Waals surface area (Å²) in [5, 5.41) is 2.72. The molecule has 0 aliphatic carbocycles. The molecule has 0 aliphatic heterocycles. The molecule has 1 aromatic heterocycles. The molecule has 0 aliphatic rings. The van der Waals surface area contributed by atoms with E-state index in [0.29, 0.717) is 19.7 Å². The molecular weight excluding hydrogens is 316 g/mol. The summed E-state index contributed by atoms with van der Waals surface area (Å²) in [6.45, 7) is 7.13. The number of nitrogens with zero attached hydrogens (tertiary/aromatic N) is 1. The maximum absolute atomic E-state index is 12.2. The van der Waals surface area contributed by atoms with Crippen LogP contribution in [0, 0.1) is 0 Å². The number of carbonyl (C=O) groups excluding carboxylic acids is 1. The van der Waals surface area contributed by atoms with Crippen LogP contribution in [0.25, 0.3) is 0 Å². The third-order valence-corrected chi connectivity index (χ3v) is 4.17. The largest absolute Gasteiger partial charge is 0.377 e. The highest BCUT2D eigenvalue weighted by atomic mass is 35.7. The number of amides is 1. The van der Waals surface area contributed by atoms with Crippen molar-refractivity contribution in [3.8, 4) is 0 Å². The molecule has 1 atom stereocenters. The zero-order valence-electron chi connectivity index (χ0n) is 12.4. The molecule has 0 radical (unpaired) electrons. The number of rotatable bonds is 8. The SMILES string of the molecule is CCCn1cc(S(=O)(=O)Cl)cc1C(=O)NCC(C)OCC. The van der Waals surface area contributed by atoms with Gasteiger partial charge >= 0.3 is 0 Å². The highest BCUT2D eigenvalue weighted by molar-refractivity contribution is 8.13. The Hall–Kier alpha value is -1.05. The number of aromatic nitrogens is 1. The van der Waals surface area contributed by atoms with Crippen LogP contribution in [0.1, 0.15) is 37.7 Å². The molecule has 1 N–H and O–H groups in total. The maximum atomic E-state index is 12.2. The molecule has 0 spiro atoms. The van der Waals surface area contributed by atoms with Gasteiger partial charge < -0.3 is 14.6 Å². The summed E-state index contributed by atoms with van der Waals surface area (Å²) in [5.74, 6) is -0.346. The quantitative estimate of drug-likeness (QED) is 0.736. The van der Waals surface area contributed by atoms with Crippen molar-refractivity contribution in [2.24, 2.45) is 0 Å². The number of nitrogens with one attached hydrogen (secondary N) is 1. The van der Waals surface area contributed by atoms with Crippen LogP contribution >= 0.6 is 10.7 Å². The molecule has 1 amide bonds. The molecule has 0 saturated carbocycles. The van der Waals surface area contributed by atoms with E-state index < -0.39 is 9.05 Å². The monoisotopic (exact) mass is 336 g/mol. The van der Waals surface area contributed by atoms with Crippen LogP contribution in [0.5, 0.6) is 0 Å². The molecule has 21 heavy (non-hydrogen) atoms. The van der Waals surface area contributed by atoms with E-state index in [1.54, 1.807) is 4.57 Å². The first-order valence-corrected chi connectivity index (χ1v) is 9.15. The van der Waals surface area contributed by atoms with Crippen LogP contribution in [0.3, 0.4) is 0 Å². The first kappa shape index (κ1) is 18.0. The van der Waals surface area contributed by atoms with Crippen molar-refractivity contribution in [2.45, 2.75) is 44.7 Å². The summed E-state index contributed by atoms with van der Waals surface area (Å²) < 4.78 is 29.7. The summed E-state index contributed by atoms with van der Waals surface area (Å²) in [5.41, 5.74) is 0.278. The fourth-order valence-corrected chi connectivity index (χ4v) is 2.66. The Morgan fingerprint density at radius 1 is 1.48 bits per heavy atom. The lowest BCUT2D eigenvalue weighted by Crippen LogP contribution is -2.33. The Labute approximate surface area is 129 Å². The fraction of sp³-hybridized carbons (Fsp3) is 0.615. The average Bonchev–Trinajstić information content (AvgIpc) is 2.81. The summed E-state index contributed by atoms with van der Waals surface area (Å²) in [4.78, 5) is 12.1. The molecule has 0 fully saturated rings. The lowest BCUT2D eigenvalue weighted by molar-refractivity contribution is 0.0691. The minimum atomic E-state index is -3.85. The topological polar surface area (TPSA) is 77.4 Å². The Morgan fingerprint density at radius 3 is 2.67 bits per heavy atom. The maximum Gasteiger partial charge on any atom is 0.268 e. The fourth-order valence-electron chi connectivity index (χ4n) is 1.90. The van der Waals surface area contributed by atoms with E-state index in [1.807, 2.05) is 20.8 Å². The summed E-state index contributed by atoms with van der Waals surface area (Å²) in [7, 11) is 1.48. The van der Waals surface area contributed by atoms with Crippen LogP contribution in [-0.4, -0.2) is 38.1 Å². The first-order valence-electron chi connectivity index (χ1n) is 6.84. The van der Waals surface area contributed by atoms with Crippen LogP contribution < -0.4 is 5.32 Å². The zero-order valence-corrected chi connectivity index (χ0v) is 14.0. The van der Waals surface area contributed by atoms with Crippen molar-refractivity contribution in [1.29, 1.82) is 0 Å². The van der Waals surface area contributed by atoms with Gasteiger partial charge in [-0.3, -0.25) is 4.79 Å². The molecular formula is C13H21ClN2O4S. The number of halogens is 1. The van der Waals surface area contributed by atoms with E-state index in [-0.39, 0.29) is 22.6 Å². The minimum Gasteiger partial charge on any atom is -0.377 e. The molecule has 1 rings (SSSR count). The smallest absolute Gasteiger partial charge is 0.268 e. The molecule has 120 valence electrons. The van der Waals surface area contributed by atoms with Gasteiger partial charge in [0, 0.05) is 36.6 Å². The Bertz CT molecular complexity index is 583. The van der Waals surface area contributed by atoms with E-state index >= 15 is 0 Å². The van der Waals surface area contributed by atoms with Crippen LogP contribution in [-0.2, 0) is 20.3 Å². The van der Waals surface area contributed by atoms with Gasteiger partial charge in [0.05, 0.1) is 6.10 Å². The second kappa shape index (κ2) is 7.82. The predicted molar refractivity (Wildman–Crippen MR) is 81.2 cm³/mol. The number of carbonyl (C=O) groups is 1. The lowest BCUT2D eigenvalue weighted by Gasteiger charge is -2.13. The van der Waals surface area contributed by atoms with Gasteiger partial charge in [0.25, 0.3) is 15.0 Å². The van der Waals surface area contributed by atoms with Gasteiger partial charge in [0.15, 0.2) is 0 Å².